The quantitative estimate of drug-likeness (QED) is 0.887. The van der Waals surface area contributed by atoms with Gasteiger partial charge in [-0.2, -0.15) is 0 Å². The zero-order valence-electron chi connectivity index (χ0n) is 12.3. The van der Waals surface area contributed by atoms with E-state index < -0.39 is 0 Å². The zero-order chi connectivity index (χ0) is 15.2. The maximum Gasteiger partial charge on any atom is 0.262 e. The van der Waals surface area contributed by atoms with Crippen molar-refractivity contribution in [3.05, 3.63) is 59.2 Å². The van der Waals surface area contributed by atoms with E-state index in [4.69, 9.17) is 10.5 Å². The Morgan fingerprint density at radius 3 is 2.67 bits per heavy atom. The van der Waals surface area contributed by atoms with Gasteiger partial charge in [0.2, 0.25) is 0 Å². The Labute approximate surface area is 124 Å². The molecule has 0 aliphatic heterocycles. The third kappa shape index (κ3) is 3.83. The minimum absolute atomic E-state index is 0.0246. The Kier molecular flexibility index (Phi) is 4.95. The summed E-state index contributed by atoms with van der Waals surface area (Å²) in [7, 11) is 0. The minimum Gasteiger partial charge on any atom is -0.483 e. The molecule has 0 unspecified atom stereocenters. The predicted molar refractivity (Wildman–Crippen MR) is 84.4 cm³/mol. The number of para-hydroxylation sites is 1. The van der Waals surface area contributed by atoms with Gasteiger partial charge in [-0.1, -0.05) is 30.3 Å². The molecule has 0 saturated heterocycles. The molecule has 1 amide bonds. The second-order valence-corrected chi connectivity index (χ2v) is 4.90. The monoisotopic (exact) mass is 284 g/mol. The lowest BCUT2D eigenvalue weighted by Gasteiger charge is -2.12. The highest BCUT2D eigenvalue weighted by molar-refractivity contribution is 5.92. The summed E-state index contributed by atoms with van der Waals surface area (Å²) in [5.41, 5.74) is 9.47. The fraction of sp³-hybridized carbons (Fsp3) is 0.235. The molecule has 0 aromatic heterocycles. The first-order chi connectivity index (χ1) is 10.1. The smallest absolute Gasteiger partial charge is 0.262 e. The van der Waals surface area contributed by atoms with Crippen molar-refractivity contribution in [2.45, 2.75) is 20.4 Å². The average Bonchev–Trinajstić information content (AvgIpc) is 2.49. The summed E-state index contributed by atoms with van der Waals surface area (Å²) in [5.74, 6) is 0.536. The van der Waals surface area contributed by atoms with Crippen LogP contribution in [0.15, 0.2) is 42.5 Å². The number of hydrogen-bond acceptors (Lipinski definition) is 3. The largest absolute Gasteiger partial charge is 0.483 e. The van der Waals surface area contributed by atoms with Crippen LogP contribution in [-0.4, -0.2) is 12.5 Å². The van der Waals surface area contributed by atoms with Crippen molar-refractivity contribution in [2.24, 2.45) is 5.73 Å². The van der Waals surface area contributed by atoms with Crippen molar-refractivity contribution in [2.75, 3.05) is 11.9 Å². The molecule has 0 atom stereocenters. The zero-order valence-corrected chi connectivity index (χ0v) is 12.3. The van der Waals surface area contributed by atoms with Crippen LogP contribution in [-0.2, 0) is 11.3 Å². The van der Waals surface area contributed by atoms with Gasteiger partial charge in [-0.05, 0) is 42.7 Å². The average molecular weight is 284 g/mol. The molecule has 0 saturated carbocycles. The SMILES string of the molecule is Cc1cccc(OCC(=O)Nc2ccccc2CN)c1C. The number of nitrogens with two attached hydrogens (primary N) is 1. The van der Waals surface area contributed by atoms with E-state index in [-0.39, 0.29) is 12.5 Å². The Balaban J connectivity index is 1.98. The molecule has 0 heterocycles. The van der Waals surface area contributed by atoms with Gasteiger partial charge in [-0.3, -0.25) is 4.79 Å². The lowest BCUT2D eigenvalue weighted by atomic mass is 10.1. The van der Waals surface area contributed by atoms with Crippen LogP contribution in [0.25, 0.3) is 0 Å². The Hall–Kier alpha value is -2.33. The molecule has 110 valence electrons. The summed E-state index contributed by atoms with van der Waals surface area (Å²) < 4.78 is 5.58. The van der Waals surface area contributed by atoms with Gasteiger partial charge in [0.05, 0.1) is 0 Å². The van der Waals surface area contributed by atoms with Crippen LogP contribution in [0, 0.1) is 13.8 Å². The third-order valence-electron chi connectivity index (χ3n) is 3.43. The number of rotatable bonds is 5. The molecule has 3 N–H and O–H groups in total. The standard InChI is InChI=1S/C17H20N2O2/c1-12-6-5-9-16(13(12)2)21-11-17(20)19-15-8-4-3-7-14(15)10-18/h3-9H,10-11,18H2,1-2H3,(H,19,20). The van der Waals surface area contributed by atoms with E-state index in [0.29, 0.717) is 6.54 Å². The molecule has 2 aromatic carbocycles. The molecule has 0 radical (unpaired) electrons. The van der Waals surface area contributed by atoms with Gasteiger partial charge in [-0.25, -0.2) is 0 Å². The number of amides is 1. The van der Waals surface area contributed by atoms with Gasteiger partial charge in [0, 0.05) is 12.2 Å². The maximum atomic E-state index is 12.0. The number of hydrogen-bond donors (Lipinski definition) is 2. The van der Waals surface area contributed by atoms with Crippen LogP contribution >= 0.6 is 0 Å². The Bertz CT molecular complexity index is 638. The van der Waals surface area contributed by atoms with Crippen LogP contribution in [0.4, 0.5) is 5.69 Å². The summed E-state index contributed by atoms with van der Waals surface area (Å²) in [4.78, 5) is 12.0. The molecule has 0 fully saturated rings. The number of nitrogens with one attached hydrogen (secondary N) is 1. The molecular weight excluding hydrogens is 264 g/mol. The summed E-state index contributed by atoms with van der Waals surface area (Å²) >= 11 is 0. The first-order valence-electron chi connectivity index (χ1n) is 6.88. The predicted octanol–water partition coefficient (Wildman–Crippen LogP) is 2.78. The van der Waals surface area contributed by atoms with E-state index in [9.17, 15) is 4.79 Å². The van der Waals surface area contributed by atoms with E-state index >= 15 is 0 Å². The molecule has 2 aromatic rings. The number of anilines is 1. The first kappa shape index (κ1) is 15.1. The van der Waals surface area contributed by atoms with Gasteiger partial charge in [-0.15, -0.1) is 0 Å². The minimum atomic E-state index is -0.197. The highest BCUT2D eigenvalue weighted by Crippen LogP contribution is 2.20. The molecule has 4 heteroatoms. The van der Waals surface area contributed by atoms with Gasteiger partial charge in [0.1, 0.15) is 5.75 Å². The van der Waals surface area contributed by atoms with E-state index in [1.54, 1.807) is 0 Å². The summed E-state index contributed by atoms with van der Waals surface area (Å²) in [6.07, 6.45) is 0. The second-order valence-electron chi connectivity index (χ2n) is 4.90. The Morgan fingerprint density at radius 1 is 1.14 bits per heavy atom. The van der Waals surface area contributed by atoms with Crippen molar-refractivity contribution in [3.63, 3.8) is 0 Å². The third-order valence-corrected chi connectivity index (χ3v) is 3.43. The molecule has 4 nitrogen and oxygen atoms in total. The fourth-order valence-electron chi connectivity index (χ4n) is 2.03. The van der Waals surface area contributed by atoms with Crippen LogP contribution in [0.5, 0.6) is 5.75 Å². The van der Waals surface area contributed by atoms with Crippen LogP contribution in [0.2, 0.25) is 0 Å². The fourth-order valence-corrected chi connectivity index (χ4v) is 2.03. The topological polar surface area (TPSA) is 64.3 Å². The van der Waals surface area contributed by atoms with Crippen molar-refractivity contribution in [1.29, 1.82) is 0 Å². The van der Waals surface area contributed by atoms with Gasteiger partial charge in [0.25, 0.3) is 5.91 Å². The number of carbonyl (C=O) groups excluding carboxylic acids is 1. The van der Waals surface area contributed by atoms with Crippen molar-refractivity contribution in [1.82, 2.24) is 0 Å². The van der Waals surface area contributed by atoms with E-state index in [0.717, 1.165) is 28.1 Å². The molecule has 2 rings (SSSR count). The number of benzene rings is 2. The number of ether oxygens (including phenoxy) is 1. The van der Waals surface area contributed by atoms with E-state index in [1.165, 1.54) is 0 Å². The first-order valence-corrected chi connectivity index (χ1v) is 6.88. The highest BCUT2D eigenvalue weighted by Gasteiger charge is 2.08. The lowest BCUT2D eigenvalue weighted by Crippen LogP contribution is -2.21. The van der Waals surface area contributed by atoms with Crippen molar-refractivity contribution < 1.29 is 9.53 Å². The number of carbonyl (C=O) groups is 1. The number of aryl methyl sites for hydroxylation is 1. The maximum absolute atomic E-state index is 12.0. The van der Waals surface area contributed by atoms with Crippen molar-refractivity contribution in [3.8, 4) is 5.75 Å². The molecule has 0 bridgehead atoms. The normalized spacial score (nSPS) is 10.2. The van der Waals surface area contributed by atoms with E-state index in [1.807, 2.05) is 56.3 Å². The molecular formula is C17H20N2O2. The molecule has 0 spiro atoms. The van der Waals surface area contributed by atoms with Crippen LogP contribution < -0.4 is 15.8 Å². The van der Waals surface area contributed by atoms with Gasteiger partial charge in [0.15, 0.2) is 6.61 Å². The molecule has 0 aliphatic rings. The van der Waals surface area contributed by atoms with Crippen molar-refractivity contribution >= 4 is 11.6 Å². The lowest BCUT2D eigenvalue weighted by molar-refractivity contribution is -0.118. The van der Waals surface area contributed by atoms with Gasteiger partial charge < -0.3 is 15.8 Å². The summed E-state index contributed by atoms with van der Waals surface area (Å²) in [6, 6.07) is 13.3. The van der Waals surface area contributed by atoms with Crippen LogP contribution in [0.3, 0.4) is 0 Å². The molecule has 21 heavy (non-hydrogen) atoms. The summed E-state index contributed by atoms with van der Waals surface area (Å²) in [5, 5.41) is 2.82. The highest BCUT2D eigenvalue weighted by atomic mass is 16.5. The van der Waals surface area contributed by atoms with Crippen LogP contribution in [0.1, 0.15) is 16.7 Å². The summed E-state index contributed by atoms with van der Waals surface area (Å²) in [6.45, 7) is 4.35. The molecule has 0 aliphatic carbocycles. The van der Waals surface area contributed by atoms with Gasteiger partial charge >= 0.3 is 0 Å². The Morgan fingerprint density at radius 2 is 1.90 bits per heavy atom. The second kappa shape index (κ2) is 6.90. The van der Waals surface area contributed by atoms with E-state index in [2.05, 4.69) is 5.32 Å².